The molecule has 1 amide bonds. The fourth-order valence-electron chi connectivity index (χ4n) is 1.84. The number of nitrogens with one attached hydrogen (secondary N) is 1. The number of hydrogen-bond donors (Lipinski definition) is 1. The number of halogens is 2. The Bertz CT molecular complexity index is 825. The van der Waals surface area contributed by atoms with Gasteiger partial charge in [-0.05, 0) is 50.1 Å². The molecule has 0 aliphatic heterocycles. The molecular weight excluding hydrogens is 434 g/mol. The third-order valence-electron chi connectivity index (χ3n) is 2.81. The third-order valence-corrected chi connectivity index (χ3v) is 6.07. The van der Waals surface area contributed by atoms with E-state index in [0.29, 0.717) is 27.8 Å². The van der Waals surface area contributed by atoms with Gasteiger partial charge in [0.25, 0.3) is 5.91 Å². The van der Waals surface area contributed by atoms with Crippen LogP contribution in [-0.2, 0) is 0 Å². The Hall–Kier alpha value is -1.51. The molecule has 2 heterocycles. The van der Waals surface area contributed by atoms with Crippen LogP contribution in [-0.4, -0.2) is 16.0 Å². The van der Waals surface area contributed by atoms with Crippen LogP contribution in [0.4, 0.5) is 5.69 Å². The van der Waals surface area contributed by atoms with Crippen LogP contribution in [0.1, 0.15) is 15.6 Å². The van der Waals surface area contributed by atoms with Crippen LogP contribution in [0.2, 0.25) is 0 Å². The highest BCUT2D eigenvalue weighted by Crippen LogP contribution is 2.33. The Morgan fingerprint density at radius 2 is 2.09 bits per heavy atom. The zero-order valence-electron chi connectivity index (χ0n) is 11.3. The predicted molar refractivity (Wildman–Crippen MR) is 92.1 cm³/mol. The molecule has 3 rings (SSSR count). The quantitative estimate of drug-likeness (QED) is 0.627. The molecule has 8 heteroatoms. The van der Waals surface area contributed by atoms with Gasteiger partial charge in [0.05, 0.1) is 14.4 Å². The van der Waals surface area contributed by atoms with E-state index in [-0.39, 0.29) is 5.91 Å². The first-order valence-electron chi connectivity index (χ1n) is 6.20. The molecule has 0 radical (unpaired) electrons. The molecule has 5 nitrogen and oxygen atoms in total. The molecule has 112 valence electrons. The van der Waals surface area contributed by atoms with Crippen LogP contribution < -0.4 is 5.32 Å². The molecule has 1 N–H and O–H groups in total. The molecule has 0 aliphatic rings. The van der Waals surface area contributed by atoms with Gasteiger partial charge < -0.3 is 9.84 Å². The third kappa shape index (κ3) is 3.13. The van der Waals surface area contributed by atoms with E-state index in [9.17, 15) is 4.79 Å². The van der Waals surface area contributed by atoms with E-state index in [4.69, 9.17) is 4.52 Å². The van der Waals surface area contributed by atoms with E-state index >= 15 is 0 Å². The maximum atomic E-state index is 12.4. The topological polar surface area (TPSA) is 68.0 Å². The second-order valence-corrected chi connectivity index (χ2v) is 7.59. The highest BCUT2D eigenvalue weighted by Gasteiger charge is 2.16. The molecule has 0 saturated carbocycles. The molecule has 0 bridgehead atoms. The molecular formula is C14H9Br2N3O2S. The number of amides is 1. The lowest BCUT2D eigenvalue weighted by Gasteiger charge is -2.07. The van der Waals surface area contributed by atoms with E-state index in [1.54, 1.807) is 19.1 Å². The number of carbonyl (C=O) groups is 1. The van der Waals surface area contributed by atoms with Crippen molar-refractivity contribution in [1.82, 2.24) is 10.1 Å². The molecule has 22 heavy (non-hydrogen) atoms. The Kier molecular flexibility index (Phi) is 4.42. The summed E-state index contributed by atoms with van der Waals surface area (Å²) in [5, 5.41) is 6.78. The molecule has 2 aromatic heterocycles. The first-order valence-corrected chi connectivity index (χ1v) is 8.61. The summed E-state index contributed by atoms with van der Waals surface area (Å²) in [7, 11) is 0. The van der Waals surface area contributed by atoms with Crippen molar-refractivity contribution >= 4 is 54.8 Å². The zero-order valence-corrected chi connectivity index (χ0v) is 15.3. The highest BCUT2D eigenvalue weighted by atomic mass is 79.9. The molecule has 0 spiro atoms. The van der Waals surface area contributed by atoms with Crippen molar-refractivity contribution in [3.05, 3.63) is 49.4 Å². The van der Waals surface area contributed by atoms with Crippen LogP contribution >= 0.6 is 43.2 Å². The van der Waals surface area contributed by atoms with E-state index in [2.05, 4.69) is 47.3 Å². The maximum absolute atomic E-state index is 12.4. The second kappa shape index (κ2) is 6.31. The highest BCUT2D eigenvalue weighted by molar-refractivity contribution is 9.13. The minimum atomic E-state index is -0.191. The average Bonchev–Trinajstić information content (AvgIpc) is 3.06. The van der Waals surface area contributed by atoms with Crippen molar-refractivity contribution in [2.45, 2.75) is 6.92 Å². The van der Waals surface area contributed by atoms with Gasteiger partial charge in [0.15, 0.2) is 0 Å². The average molecular weight is 443 g/mol. The fourth-order valence-corrected chi connectivity index (χ4v) is 3.77. The lowest BCUT2D eigenvalue weighted by atomic mass is 10.1. The number of aromatic nitrogens is 2. The lowest BCUT2D eigenvalue weighted by molar-refractivity contribution is 0.103. The standard InChI is InChI=1S/C14H9Br2N3O2S/c1-7-17-13(19-21-7)8-4-2-3-5-10(8)18-14(20)11-6-9(15)12(16)22-11/h2-6H,1H3,(H,18,20). The van der Waals surface area contributed by atoms with Crippen LogP contribution in [0.25, 0.3) is 11.4 Å². The van der Waals surface area contributed by atoms with E-state index in [0.717, 1.165) is 8.26 Å². The van der Waals surface area contributed by atoms with Crippen LogP contribution in [0.15, 0.2) is 43.1 Å². The Morgan fingerprint density at radius 1 is 1.32 bits per heavy atom. The first kappa shape index (κ1) is 15.4. The number of rotatable bonds is 3. The molecule has 1 aromatic carbocycles. The molecule has 0 fully saturated rings. The van der Waals surface area contributed by atoms with Crippen LogP contribution in [0, 0.1) is 6.92 Å². The van der Waals surface area contributed by atoms with Gasteiger partial charge in [0, 0.05) is 17.0 Å². The smallest absolute Gasteiger partial charge is 0.265 e. The molecule has 0 saturated heterocycles. The van der Waals surface area contributed by atoms with Gasteiger partial charge in [-0.1, -0.05) is 17.3 Å². The molecule has 3 aromatic rings. The second-order valence-electron chi connectivity index (χ2n) is 4.37. The van der Waals surface area contributed by atoms with Gasteiger partial charge in [-0.25, -0.2) is 0 Å². The number of nitrogens with zero attached hydrogens (tertiary/aromatic N) is 2. The van der Waals surface area contributed by atoms with Crippen molar-refractivity contribution in [1.29, 1.82) is 0 Å². The number of thiophene rings is 1. The van der Waals surface area contributed by atoms with Crippen molar-refractivity contribution in [2.24, 2.45) is 0 Å². The van der Waals surface area contributed by atoms with Gasteiger partial charge in [-0.2, -0.15) is 4.98 Å². The summed E-state index contributed by atoms with van der Waals surface area (Å²) in [5.74, 6) is 0.730. The summed E-state index contributed by atoms with van der Waals surface area (Å²) in [4.78, 5) is 17.2. The number of benzene rings is 1. The largest absolute Gasteiger partial charge is 0.339 e. The minimum absolute atomic E-state index is 0.191. The number of carbonyl (C=O) groups excluding carboxylic acids is 1. The number of para-hydroxylation sites is 1. The first-order chi connectivity index (χ1) is 10.5. The van der Waals surface area contributed by atoms with E-state index < -0.39 is 0 Å². The van der Waals surface area contributed by atoms with Crippen molar-refractivity contribution in [2.75, 3.05) is 5.32 Å². The SMILES string of the molecule is Cc1nc(-c2ccccc2NC(=O)c2cc(Br)c(Br)s2)no1. The Morgan fingerprint density at radius 3 is 2.73 bits per heavy atom. The van der Waals surface area contributed by atoms with Crippen molar-refractivity contribution in [3.8, 4) is 11.4 Å². The summed E-state index contributed by atoms with van der Waals surface area (Å²) in [6, 6.07) is 9.10. The predicted octanol–water partition coefficient (Wildman–Crippen LogP) is 4.88. The van der Waals surface area contributed by atoms with Gasteiger partial charge in [-0.3, -0.25) is 4.79 Å². The minimum Gasteiger partial charge on any atom is -0.339 e. The summed E-state index contributed by atoms with van der Waals surface area (Å²) in [6.07, 6.45) is 0. The van der Waals surface area contributed by atoms with Gasteiger partial charge in [-0.15, -0.1) is 11.3 Å². The monoisotopic (exact) mass is 441 g/mol. The number of anilines is 1. The maximum Gasteiger partial charge on any atom is 0.265 e. The van der Waals surface area contributed by atoms with Gasteiger partial charge >= 0.3 is 0 Å². The lowest BCUT2D eigenvalue weighted by Crippen LogP contribution is -2.11. The molecule has 0 aliphatic carbocycles. The van der Waals surface area contributed by atoms with Crippen LogP contribution in [0.5, 0.6) is 0 Å². The summed E-state index contributed by atoms with van der Waals surface area (Å²) >= 11 is 8.11. The number of aryl methyl sites for hydroxylation is 1. The zero-order chi connectivity index (χ0) is 15.7. The summed E-state index contributed by atoms with van der Waals surface area (Å²) < 4.78 is 6.72. The van der Waals surface area contributed by atoms with Crippen molar-refractivity contribution in [3.63, 3.8) is 0 Å². The Labute approximate surface area is 147 Å². The Balaban J connectivity index is 1.91. The normalized spacial score (nSPS) is 10.7. The molecule has 0 unspecified atom stereocenters. The molecule has 0 atom stereocenters. The number of hydrogen-bond acceptors (Lipinski definition) is 5. The van der Waals surface area contributed by atoms with Gasteiger partial charge in [0.2, 0.25) is 11.7 Å². The van der Waals surface area contributed by atoms with Gasteiger partial charge in [0.1, 0.15) is 0 Å². The summed E-state index contributed by atoms with van der Waals surface area (Å²) in [6.45, 7) is 1.72. The van der Waals surface area contributed by atoms with Crippen LogP contribution in [0.3, 0.4) is 0 Å². The van der Waals surface area contributed by atoms with E-state index in [1.165, 1.54) is 11.3 Å². The van der Waals surface area contributed by atoms with Crippen molar-refractivity contribution < 1.29 is 9.32 Å². The summed E-state index contributed by atoms with van der Waals surface area (Å²) in [5.41, 5.74) is 1.34. The van der Waals surface area contributed by atoms with E-state index in [1.807, 2.05) is 18.2 Å². The fraction of sp³-hybridized carbons (Fsp3) is 0.0714.